The van der Waals surface area contributed by atoms with E-state index in [1.807, 2.05) is 59.5 Å². The number of rotatable bonds is 6. The van der Waals surface area contributed by atoms with E-state index in [1.165, 1.54) is 5.69 Å². The number of pyridine rings is 1. The summed E-state index contributed by atoms with van der Waals surface area (Å²) in [6.45, 7) is 4.17. The molecule has 4 heterocycles. The molecule has 0 aliphatic carbocycles. The Morgan fingerprint density at radius 1 is 0.930 bits per heavy atom. The SMILES string of the molecule is COc1ccc(-c2ccccc2CN2C(=O)c3oc(-c4ccc(Cl)cc4)cc3Cc3cc(N4CCNCC4)ccc32)cn1. The number of fused-ring (bicyclic) bond motifs is 2. The number of nitrogens with one attached hydrogen (secondary N) is 1. The average molecular weight is 591 g/mol. The fourth-order valence-corrected chi connectivity index (χ4v) is 6.08. The van der Waals surface area contributed by atoms with Gasteiger partial charge in [0, 0.05) is 78.0 Å². The fourth-order valence-electron chi connectivity index (χ4n) is 5.96. The number of ether oxygens (including phenoxy) is 1. The average Bonchev–Trinajstić information content (AvgIpc) is 3.44. The topological polar surface area (TPSA) is 70.8 Å². The molecule has 7 rings (SSSR count). The molecule has 1 N–H and O–H groups in total. The summed E-state index contributed by atoms with van der Waals surface area (Å²) in [4.78, 5) is 23.0. The van der Waals surface area contributed by atoms with Gasteiger partial charge in [-0.3, -0.25) is 4.79 Å². The second-order valence-electron chi connectivity index (χ2n) is 10.8. The summed E-state index contributed by atoms with van der Waals surface area (Å²) in [5.41, 5.74) is 7.89. The van der Waals surface area contributed by atoms with Crippen LogP contribution in [0.25, 0.3) is 22.5 Å². The van der Waals surface area contributed by atoms with Crippen molar-refractivity contribution in [1.29, 1.82) is 0 Å². The Kier molecular flexibility index (Phi) is 7.35. The first-order valence-corrected chi connectivity index (χ1v) is 14.8. The molecule has 2 aliphatic rings. The van der Waals surface area contributed by atoms with Crippen LogP contribution < -0.4 is 19.9 Å². The van der Waals surface area contributed by atoms with Gasteiger partial charge in [0.2, 0.25) is 5.88 Å². The van der Waals surface area contributed by atoms with Gasteiger partial charge in [-0.15, -0.1) is 0 Å². The van der Waals surface area contributed by atoms with Crippen molar-refractivity contribution in [2.45, 2.75) is 13.0 Å². The number of piperazine rings is 1. The minimum absolute atomic E-state index is 0.161. The Labute approximate surface area is 255 Å². The first-order valence-electron chi connectivity index (χ1n) is 14.4. The number of anilines is 2. The number of carbonyl (C=O) groups is 1. The summed E-state index contributed by atoms with van der Waals surface area (Å²) >= 11 is 6.14. The zero-order valence-corrected chi connectivity index (χ0v) is 24.6. The van der Waals surface area contributed by atoms with Crippen molar-refractivity contribution in [3.05, 3.63) is 119 Å². The molecule has 216 valence electrons. The highest BCUT2D eigenvalue weighted by Crippen LogP contribution is 2.38. The summed E-state index contributed by atoms with van der Waals surface area (Å²) in [6.07, 6.45) is 2.40. The van der Waals surface area contributed by atoms with E-state index < -0.39 is 0 Å². The minimum atomic E-state index is -0.161. The molecule has 0 unspecified atom stereocenters. The Hall–Kier alpha value is -4.59. The zero-order valence-electron chi connectivity index (χ0n) is 23.8. The van der Waals surface area contributed by atoms with Crippen LogP contribution in [0.4, 0.5) is 11.4 Å². The van der Waals surface area contributed by atoms with E-state index >= 15 is 0 Å². The highest BCUT2D eigenvalue weighted by molar-refractivity contribution is 6.30. The molecule has 0 spiro atoms. The van der Waals surface area contributed by atoms with E-state index in [4.69, 9.17) is 20.8 Å². The molecule has 1 fully saturated rings. The second-order valence-corrected chi connectivity index (χ2v) is 11.3. The van der Waals surface area contributed by atoms with E-state index in [-0.39, 0.29) is 5.91 Å². The van der Waals surface area contributed by atoms with E-state index in [0.29, 0.717) is 35.4 Å². The monoisotopic (exact) mass is 590 g/mol. The van der Waals surface area contributed by atoms with Crippen molar-refractivity contribution in [2.75, 3.05) is 43.1 Å². The molecule has 3 aromatic carbocycles. The summed E-state index contributed by atoms with van der Waals surface area (Å²) in [7, 11) is 1.60. The number of amides is 1. The third kappa shape index (κ3) is 5.38. The lowest BCUT2D eigenvalue weighted by molar-refractivity contribution is 0.0959. The van der Waals surface area contributed by atoms with E-state index in [2.05, 4.69) is 45.5 Å². The zero-order chi connectivity index (χ0) is 29.3. The smallest absolute Gasteiger partial charge is 0.294 e. The van der Waals surface area contributed by atoms with Crippen molar-refractivity contribution in [3.8, 4) is 28.3 Å². The maximum atomic E-state index is 14.4. The van der Waals surface area contributed by atoms with Crippen molar-refractivity contribution in [3.63, 3.8) is 0 Å². The van der Waals surface area contributed by atoms with Crippen LogP contribution in [0.3, 0.4) is 0 Å². The summed E-state index contributed by atoms with van der Waals surface area (Å²) in [5.74, 6) is 1.42. The third-order valence-electron chi connectivity index (χ3n) is 8.20. The van der Waals surface area contributed by atoms with Crippen molar-refractivity contribution in [2.24, 2.45) is 0 Å². The molecule has 2 aromatic heterocycles. The van der Waals surface area contributed by atoms with Crippen LogP contribution in [0.5, 0.6) is 5.88 Å². The Balaban J connectivity index is 1.32. The van der Waals surface area contributed by atoms with Crippen LogP contribution in [0, 0.1) is 0 Å². The Morgan fingerprint density at radius 3 is 2.49 bits per heavy atom. The van der Waals surface area contributed by atoms with Gasteiger partial charge in [0.05, 0.1) is 13.7 Å². The summed E-state index contributed by atoms with van der Waals surface area (Å²) in [5, 5.41) is 4.08. The van der Waals surface area contributed by atoms with Crippen LogP contribution in [0.2, 0.25) is 5.02 Å². The van der Waals surface area contributed by atoms with Crippen LogP contribution in [0.1, 0.15) is 27.2 Å². The third-order valence-corrected chi connectivity index (χ3v) is 8.45. The van der Waals surface area contributed by atoms with Gasteiger partial charge in [-0.2, -0.15) is 0 Å². The lowest BCUT2D eigenvalue weighted by Gasteiger charge is -2.31. The number of aromatic nitrogens is 1. The van der Waals surface area contributed by atoms with Gasteiger partial charge >= 0.3 is 0 Å². The molecule has 8 heteroatoms. The van der Waals surface area contributed by atoms with Crippen molar-refractivity contribution in [1.82, 2.24) is 10.3 Å². The number of halogens is 1. The van der Waals surface area contributed by atoms with Gasteiger partial charge in [-0.1, -0.05) is 35.9 Å². The number of hydrogen-bond acceptors (Lipinski definition) is 6. The van der Waals surface area contributed by atoms with Gasteiger partial charge in [0.25, 0.3) is 5.91 Å². The molecule has 1 saturated heterocycles. The maximum absolute atomic E-state index is 14.4. The number of furan rings is 1. The second kappa shape index (κ2) is 11.6. The largest absolute Gasteiger partial charge is 0.481 e. The lowest BCUT2D eigenvalue weighted by atomic mass is 10.00. The van der Waals surface area contributed by atoms with E-state index in [9.17, 15) is 4.79 Å². The molecular weight excluding hydrogens is 560 g/mol. The lowest BCUT2D eigenvalue weighted by Crippen LogP contribution is -2.43. The number of carbonyl (C=O) groups excluding carboxylic acids is 1. The van der Waals surface area contributed by atoms with Crippen LogP contribution in [0.15, 0.2) is 95.5 Å². The van der Waals surface area contributed by atoms with E-state index in [1.54, 1.807) is 13.3 Å². The van der Waals surface area contributed by atoms with Gasteiger partial charge in [0.1, 0.15) is 5.76 Å². The molecule has 0 bridgehead atoms. The summed E-state index contributed by atoms with van der Waals surface area (Å²) in [6, 6.07) is 27.9. The molecule has 0 atom stereocenters. The first-order chi connectivity index (χ1) is 21.1. The number of methoxy groups -OCH3 is 1. The van der Waals surface area contributed by atoms with Crippen LogP contribution in [-0.4, -0.2) is 44.2 Å². The van der Waals surface area contributed by atoms with E-state index in [0.717, 1.165) is 65.2 Å². The van der Waals surface area contributed by atoms with Crippen LogP contribution >= 0.6 is 11.6 Å². The molecular formula is C35H31ClN4O3. The Bertz CT molecular complexity index is 1780. The van der Waals surface area contributed by atoms with Crippen molar-refractivity contribution >= 4 is 28.9 Å². The first kappa shape index (κ1) is 27.3. The number of nitrogens with zero attached hydrogens (tertiary/aromatic N) is 3. The fraction of sp³-hybridized carbons (Fsp3) is 0.200. The summed E-state index contributed by atoms with van der Waals surface area (Å²) < 4.78 is 11.6. The van der Waals surface area contributed by atoms with Gasteiger partial charge in [-0.05, 0) is 71.3 Å². The molecule has 2 aliphatic heterocycles. The Morgan fingerprint density at radius 2 is 1.72 bits per heavy atom. The molecule has 0 radical (unpaired) electrons. The maximum Gasteiger partial charge on any atom is 0.294 e. The minimum Gasteiger partial charge on any atom is -0.481 e. The van der Waals surface area contributed by atoms with Gasteiger partial charge in [0.15, 0.2) is 5.76 Å². The predicted octanol–water partition coefficient (Wildman–Crippen LogP) is 6.83. The number of hydrogen-bond donors (Lipinski definition) is 1. The predicted molar refractivity (Wildman–Crippen MR) is 170 cm³/mol. The quantitative estimate of drug-likeness (QED) is 0.234. The van der Waals surface area contributed by atoms with Gasteiger partial charge < -0.3 is 24.3 Å². The molecule has 5 aromatic rings. The normalized spacial score (nSPS) is 14.7. The molecule has 43 heavy (non-hydrogen) atoms. The molecule has 0 saturated carbocycles. The molecule has 7 nitrogen and oxygen atoms in total. The van der Waals surface area contributed by atoms with Crippen LogP contribution in [-0.2, 0) is 13.0 Å². The number of benzene rings is 3. The standard InChI is InChI=1S/C35H31ClN4O3/c1-42-33-13-8-24(21-38-33)30-5-3-2-4-25(30)22-40-31-12-11-29(39-16-14-37-15-17-39)19-26(31)18-27-20-32(43-34(27)35(40)41)23-6-9-28(36)10-7-23/h2-13,19-21,37H,14-18,22H2,1H3. The highest BCUT2D eigenvalue weighted by atomic mass is 35.5. The molecule has 1 amide bonds. The van der Waals surface area contributed by atoms with Gasteiger partial charge in [-0.25, -0.2) is 4.98 Å². The highest BCUT2D eigenvalue weighted by Gasteiger charge is 2.32. The van der Waals surface area contributed by atoms with Crippen molar-refractivity contribution < 1.29 is 13.9 Å².